The number of aryl methyl sites for hydroxylation is 1. The van der Waals surface area contributed by atoms with Crippen LogP contribution in [0.4, 0.5) is 0 Å². The topological polar surface area (TPSA) is 169 Å². The quantitative estimate of drug-likeness (QED) is 0.415. The van der Waals surface area contributed by atoms with E-state index in [0.29, 0.717) is 63.5 Å². The van der Waals surface area contributed by atoms with Gasteiger partial charge in [0, 0.05) is 63.3 Å². The van der Waals surface area contributed by atoms with Crippen LogP contribution >= 0.6 is 0 Å². The van der Waals surface area contributed by atoms with Crippen LogP contribution in [0.25, 0.3) is 0 Å². The number of carbonyl (C=O) groups excluding carboxylic acids is 3. The summed E-state index contributed by atoms with van der Waals surface area (Å²) in [5, 5.41) is 14.6. The van der Waals surface area contributed by atoms with Gasteiger partial charge in [-0.1, -0.05) is 12.1 Å². The van der Waals surface area contributed by atoms with Gasteiger partial charge in [0.2, 0.25) is 17.7 Å². The van der Waals surface area contributed by atoms with E-state index in [9.17, 15) is 14.4 Å². The van der Waals surface area contributed by atoms with E-state index >= 15 is 0 Å². The zero-order chi connectivity index (χ0) is 32.2. The number of benzene rings is 1. The smallest absolute Gasteiger partial charge is 0.300 e. The molecule has 1 saturated heterocycles. The van der Waals surface area contributed by atoms with Crippen LogP contribution in [0, 0.1) is 0 Å². The molecule has 5 rings (SSSR count). The van der Waals surface area contributed by atoms with Crippen molar-refractivity contribution in [3.8, 4) is 11.6 Å². The molecule has 0 spiro atoms. The lowest BCUT2D eigenvalue weighted by molar-refractivity contribution is -0.134. The predicted octanol–water partition coefficient (Wildman–Crippen LogP) is 1.98. The third kappa shape index (κ3) is 9.74. The van der Waals surface area contributed by atoms with Crippen molar-refractivity contribution in [3.05, 3.63) is 66.4 Å². The van der Waals surface area contributed by atoms with Crippen molar-refractivity contribution in [1.29, 1.82) is 0 Å². The maximum absolute atomic E-state index is 13.4. The Bertz CT molecular complexity index is 1450. The predicted molar refractivity (Wildman–Crippen MR) is 162 cm³/mol. The highest BCUT2D eigenvalue weighted by atomic mass is 16.5. The van der Waals surface area contributed by atoms with Crippen LogP contribution in [0.3, 0.4) is 0 Å². The number of ether oxygens (including phenoxy) is 2. The van der Waals surface area contributed by atoms with Crippen molar-refractivity contribution in [2.45, 2.75) is 51.1 Å². The lowest BCUT2D eigenvalue weighted by Gasteiger charge is -2.26. The zero-order valence-electron chi connectivity index (χ0n) is 25.5. The first-order valence-electron chi connectivity index (χ1n) is 14.8. The third-order valence-corrected chi connectivity index (χ3v) is 7.45. The molecule has 0 unspecified atom stereocenters. The van der Waals surface area contributed by atoms with Gasteiger partial charge in [0.05, 0.1) is 26.3 Å². The van der Waals surface area contributed by atoms with Crippen molar-refractivity contribution in [3.63, 3.8) is 0 Å². The summed E-state index contributed by atoms with van der Waals surface area (Å²) in [6, 6.07) is 10.7. The summed E-state index contributed by atoms with van der Waals surface area (Å²) < 4.78 is 12.9. The van der Waals surface area contributed by atoms with Gasteiger partial charge in [-0.3, -0.25) is 23.9 Å². The molecule has 2 aliphatic rings. The average Bonchev–Trinajstić information content (AvgIpc) is 3.70. The Morgan fingerprint density at radius 1 is 1.13 bits per heavy atom. The maximum Gasteiger partial charge on any atom is 0.300 e. The van der Waals surface area contributed by atoms with Crippen molar-refractivity contribution < 1.29 is 33.8 Å². The van der Waals surface area contributed by atoms with E-state index in [1.807, 2.05) is 29.2 Å². The fourth-order valence-corrected chi connectivity index (χ4v) is 5.33. The van der Waals surface area contributed by atoms with Crippen molar-refractivity contribution in [2.75, 3.05) is 39.9 Å². The van der Waals surface area contributed by atoms with Crippen molar-refractivity contribution in [2.24, 2.45) is 0 Å². The third-order valence-electron chi connectivity index (χ3n) is 7.45. The molecule has 2 aromatic heterocycles. The minimum absolute atomic E-state index is 0.0284. The number of fused-ring (bicyclic) bond motifs is 4. The van der Waals surface area contributed by atoms with Crippen molar-refractivity contribution >= 4 is 23.7 Å². The second-order valence-corrected chi connectivity index (χ2v) is 10.8. The van der Waals surface area contributed by atoms with Gasteiger partial charge in [-0.25, -0.2) is 9.97 Å². The second kappa shape index (κ2) is 16.2. The van der Waals surface area contributed by atoms with Crippen LogP contribution < -0.4 is 14.8 Å². The summed E-state index contributed by atoms with van der Waals surface area (Å²) in [4.78, 5) is 60.3. The molecular weight excluding hydrogens is 582 g/mol. The van der Waals surface area contributed by atoms with E-state index in [4.69, 9.17) is 19.4 Å². The van der Waals surface area contributed by atoms with Gasteiger partial charge in [0.15, 0.2) is 0 Å². The lowest BCUT2D eigenvalue weighted by atomic mass is 9.94. The van der Waals surface area contributed by atoms with Crippen LogP contribution in [-0.4, -0.2) is 104 Å². The largest absolute Gasteiger partial charge is 0.494 e. The fourth-order valence-electron chi connectivity index (χ4n) is 5.33. The Balaban J connectivity index is 0.00000109. The Morgan fingerprint density at radius 3 is 2.71 bits per heavy atom. The van der Waals surface area contributed by atoms with Gasteiger partial charge >= 0.3 is 0 Å². The monoisotopic (exact) mass is 621 g/mol. The summed E-state index contributed by atoms with van der Waals surface area (Å²) in [7, 11) is 1.49. The number of rotatable bonds is 6. The molecule has 1 aromatic carbocycles. The molecule has 4 heterocycles. The summed E-state index contributed by atoms with van der Waals surface area (Å²) >= 11 is 0. The number of nitrogens with zero attached hydrogens (tertiary/aromatic N) is 6. The minimum atomic E-state index is -0.833. The molecular formula is C31H39N7O7. The normalized spacial score (nSPS) is 18.3. The molecule has 0 saturated carbocycles. The molecule has 45 heavy (non-hydrogen) atoms. The SMILES string of the molecule is CC(=O)O.COc1cc(C(=O)N2CCCCOc3cccc(c3)[C@H]3CN(C(=O)CCCn4cncn4)C[C@@H]3NC(=O)C2)ccn1. The van der Waals surface area contributed by atoms with Gasteiger partial charge in [-0.05, 0) is 43.0 Å². The number of carboxylic acid groups (broad SMARTS) is 1. The highest BCUT2D eigenvalue weighted by Crippen LogP contribution is 2.31. The average molecular weight is 622 g/mol. The van der Waals surface area contributed by atoms with E-state index in [1.165, 1.54) is 19.6 Å². The van der Waals surface area contributed by atoms with Crippen LogP contribution in [0.1, 0.15) is 54.4 Å². The number of pyridine rings is 1. The van der Waals surface area contributed by atoms with E-state index in [1.54, 1.807) is 28.0 Å². The molecule has 240 valence electrons. The summed E-state index contributed by atoms with van der Waals surface area (Å²) in [5.41, 5.74) is 1.40. The minimum Gasteiger partial charge on any atom is -0.494 e. The second-order valence-electron chi connectivity index (χ2n) is 10.8. The molecule has 2 bridgehead atoms. The van der Waals surface area contributed by atoms with Crippen LogP contribution in [-0.2, 0) is 20.9 Å². The van der Waals surface area contributed by atoms with Gasteiger partial charge in [-0.15, -0.1) is 0 Å². The molecule has 14 heteroatoms. The highest BCUT2D eigenvalue weighted by molar-refractivity contribution is 5.96. The van der Waals surface area contributed by atoms with Crippen molar-refractivity contribution in [1.82, 2.24) is 34.9 Å². The summed E-state index contributed by atoms with van der Waals surface area (Å²) in [5.74, 6) is -0.375. The first kappa shape index (κ1) is 32.9. The molecule has 1 fully saturated rings. The number of methoxy groups -OCH3 is 1. The molecule has 3 aromatic rings. The molecule has 2 N–H and O–H groups in total. The van der Waals surface area contributed by atoms with E-state index < -0.39 is 5.97 Å². The number of amides is 3. The first-order chi connectivity index (χ1) is 21.7. The summed E-state index contributed by atoms with van der Waals surface area (Å²) in [6.45, 7) is 3.35. The molecule has 2 aliphatic heterocycles. The van der Waals surface area contributed by atoms with Gasteiger partial charge < -0.3 is 29.7 Å². The standard InChI is InChI=1S/C29H35N7O5.C2H4O2/c1-40-27-15-22(9-10-31-27)29(39)34-11-2-3-13-41-23-7-4-6-21(14-23)24-16-35(17-25(24)33-26(37)18-34)28(38)8-5-12-36-20-30-19-32-36;1-2(3)4/h4,6-7,9-10,14-15,19-20,24-25H,2-3,5,8,11-13,16-18H2,1H3,(H,33,37);1H3,(H,3,4)/t24-,25+;/m1./s1. The highest BCUT2D eigenvalue weighted by Gasteiger charge is 2.37. The van der Waals surface area contributed by atoms with Gasteiger partial charge in [0.1, 0.15) is 18.4 Å². The Hall–Kier alpha value is -5.01. The molecule has 2 atom stereocenters. The fraction of sp³-hybridized carbons (Fsp3) is 0.452. The van der Waals surface area contributed by atoms with E-state index in [2.05, 4.69) is 20.4 Å². The van der Waals surface area contributed by atoms with Crippen LogP contribution in [0.2, 0.25) is 0 Å². The molecule has 14 nitrogen and oxygen atoms in total. The molecule has 0 aliphatic carbocycles. The zero-order valence-corrected chi connectivity index (χ0v) is 25.5. The lowest BCUT2D eigenvalue weighted by Crippen LogP contribution is -2.47. The van der Waals surface area contributed by atoms with Crippen LogP contribution in [0.15, 0.2) is 55.2 Å². The van der Waals surface area contributed by atoms with Crippen LogP contribution in [0.5, 0.6) is 11.6 Å². The number of carboxylic acids is 1. The summed E-state index contributed by atoms with van der Waals surface area (Å²) in [6.07, 6.45) is 7.02. The van der Waals surface area contributed by atoms with E-state index in [-0.39, 0.29) is 36.2 Å². The van der Waals surface area contributed by atoms with Gasteiger partial charge in [0.25, 0.3) is 11.9 Å². The number of aliphatic carboxylic acids is 1. The Morgan fingerprint density at radius 2 is 1.96 bits per heavy atom. The van der Waals surface area contributed by atoms with E-state index in [0.717, 1.165) is 24.7 Å². The number of carbonyl (C=O) groups is 4. The Labute approximate surface area is 261 Å². The van der Waals surface area contributed by atoms with Gasteiger partial charge in [-0.2, -0.15) is 5.10 Å². The number of nitrogens with one attached hydrogen (secondary N) is 1. The maximum atomic E-state index is 13.4. The molecule has 0 radical (unpaired) electrons. The number of hydrogen-bond acceptors (Lipinski definition) is 9. The number of hydrogen-bond donors (Lipinski definition) is 2. The number of likely N-dealkylation sites (tertiary alicyclic amines) is 1. The Kier molecular flexibility index (Phi) is 11.8. The first-order valence-corrected chi connectivity index (χ1v) is 14.8. The number of aromatic nitrogens is 4. The molecule has 3 amide bonds.